The van der Waals surface area contributed by atoms with E-state index in [2.05, 4.69) is 22.2 Å². The van der Waals surface area contributed by atoms with E-state index in [-0.39, 0.29) is 31.3 Å². The Bertz CT molecular complexity index is 807. The molecule has 0 aliphatic carbocycles. The molecule has 2 heterocycles. The van der Waals surface area contributed by atoms with Crippen LogP contribution in [0.25, 0.3) is 0 Å². The maximum absolute atomic E-state index is 14.3. The van der Waals surface area contributed by atoms with Crippen molar-refractivity contribution in [2.75, 3.05) is 52.3 Å². The standard InChI is InChI=1S/C17H28FN5O5S/c1-13(2)17(24)19-4-6-27-8-9-28-7-5-23-16(18)15(20-21-23)12-22-10-14(11-22)29(3,25)26/h14H,1,4-12H2,2-3H3,(H,19,24). The fourth-order valence-corrected chi connectivity index (χ4v) is 3.54. The summed E-state index contributed by atoms with van der Waals surface area (Å²) in [6, 6.07) is 0. The second-order valence-electron chi connectivity index (χ2n) is 6.96. The smallest absolute Gasteiger partial charge is 0.246 e. The van der Waals surface area contributed by atoms with Crippen LogP contribution in [-0.2, 0) is 37.2 Å². The Hall–Kier alpha value is -1.89. The Kier molecular flexibility index (Phi) is 8.68. The van der Waals surface area contributed by atoms with Crippen molar-refractivity contribution in [1.82, 2.24) is 25.2 Å². The molecule has 0 aromatic carbocycles. The van der Waals surface area contributed by atoms with Crippen LogP contribution in [0, 0.1) is 5.95 Å². The lowest BCUT2D eigenvalue weighted by Crippen LogP contribution is -2.53. The highest BCUT2D eigenvalue weighted by Gasteiger charge is 2.35. The zero-order valence-corrected chi connectivity index (χ0v) is 17.6. The van der Waals surface area contributed by atoms with Crippen LogP contribution in [0.2, 0.25) is 0 Å². The number of ether oxygens (including phenoxy) is 2. The van der Waals surface area contributed by atoms with E-state index in [1.165, 1.54) is 6.26 Å². The predicted molar refractivity (Wildman–Crippen MR) is 103 cm³/mol. The van der Waals surface area contributed by atoms with Crippen molar-refractivity contribution in [1.29, 1.82) is 0 Å². The largest absolute Gasteiger partial charge is 0.377 e. The van der Waals surface area contributed by atoms with Gasteiger partial charge in [0, 0.05) is 38.0 Å². The number of carbonyl (C=O) groups excluding carboxylic acids is 1. The van der Waals surface area contributed by atoms with E-state index in [9.17, 15) is 17.6 Å². The fourth-order valence-electron chi connectivity index (χ4n) is 2.57. The summed E-state index contributed by atoms with van der Waals surface area (Å²) in [6.07, 6.45) is 1.21. The third-order valence-corrected chi connectivity index (χ3v) is 5.89. The van der Waals surface area contributed by atoms with E-state index >= 15 is 0 Å². The maximum Gasteiger partial charge on any atom is 0.246 e. The molecule has 1 fully saturated rings. The van der Waals surface area contributed by atoms with Gasteiger partial charge in [0.15, 0.2) is 9.84 Å². The van der Waals surface area contributed by atoms with Crippen LogP contribution in [-0.4, -0.2) is 91.8 Å². The minimum absolute atomic E-state index is 0.192. The van der Waals surface area contributed by atoms with Crippen molar-refractivity contribution in [2.45, 2.75) is 25.3 Å². The minimum atomic E-state index is -3.05. The zero-order valence-electron chi connectivity index (χ0n) is 16.8. The molecule has 1 aliphatic heterocycles. The van der Waals surface area contributed by atoms with Gasteiger partial charge in [-0.05, 0) is 6.92 Å². The van der Waals surface area contributed by atoms with Crippen molar-refractivity contribution in [3.05, 3.63) is 23.8 Å². The molecule has 10 nitrogen and oxygen atoms in total. The Morgan fingerprint density at radius 2 is 1.93 bits per heavy atom. The van der Waals surface area contributed by atoms with Gasteiger partial charge < -0.3 is 14.8 Å². The number of nitrogens with one attached hydrogen (secondary N) is 1. The highest BCUT2D eigenvalue weighted by molar-refractivity contribution is 7.91. The van der Waals surface area contributed by atoms with Gasteiger partial charge in [-0.2, -0.15) is 4.39 Å². The lowest BCUT2D eigenvalue weighted by Gasteiger charge is -2.37. The number of nitrogens with zero attached hydrogens (tertiary/aromatic N) is 4. The fraction of sp³-hybridized carbons (Fsp3) is 0.706. The highest BCUT2D eigenvalue weighted by atomic mass is 32.2. The number of aromatic nitrogens is 3. The maximum atomic E-state index is 14.3. The number of rotatable bonds is 13. The van der Waals surface area contributed by atoms with Gasteiger partial charge in [0.05, 0.1) is 38.2 Å². The van der Waals surface area contributed by atoms with Gasteiger partial charge in [-0.25, -0.2) is 13.1 Å². The summed E-state index contributed by atoms with van der Waals surface area (Å²) in [4.78, 5) is 13.1. The highest BCUT2D eigenvalue weighted by Crippen LogP contribution is 2.18. The number of likely N-dealkylation sites (tertiary alicyclic amines) is 1. The van der Waals surface area contributed by atoms with Crippen molar-refractivity contribution in [3.8, 4) is 0 Å². The molecule has 1 N–H and O–H groups in total. The molecule has 2 rings (SSSR count). The molecule has 12 heteroatoms. The molecule has 164 valence electrons. The second kappa shape index (κ2) is 10.8. The summed E-state index contributed by atoms with van der Waals surface area (Å²) >= 11 is 0. The van der Waals surface area contributed by atoms with Crippen LogP contribution in [0.5, 0.6) is 0 Å². The van der Waals surface area contributed by atoms with Crippen LogP contribution in [0.4, 0.5) is 4.39 Å². The Morgan fingerprint density at radius 3 is 2.55 bits per heavy atom. The summed E-state index contributed by atoms with van der Waals surface area (Å²) in [5.74, 6) is -0.746. The number of hydrogen-bond acceptors (Lipinski definition) is 8. The normalized spacial score (nSPS) is 15.3. The van der Waals surface area contributed by atoms with Gasteiger partial charge in [0.25, 0.3) is 0 Å². The molecule has 1 amide bonds. The van der Waals surface area contributed by atoms with E-state index in [0.717, 1.165) is 4.68 Å². The van der Waals surface area contributed by atoms with Gasteiger partial charge >= 0.3 is 0 Å². The summed E-state index contributed by atoms with van der Waals surface area (Å²) in [5, 5.41) is 9.86. The van der Waals surface area contributed by atoms with Gasteiger partial charge in [0.1, 0.15) is 5.69 Å². The topological polar surface area (TPSA) is 116 Å². The number of halogens is 1. The molecule has 1 aliphatic rings. The number of carbonyl (C=O) groups is 1. The van der Waals surface area contributed by atoms with Crippen LogP contribution >= 0.6 is 0 Å². The van der Waals surface area contributed by atoms with E-state index in [1.54, 1.807) is 6.92 Å². The van der Waals surface area contributed by atoms with Crippen LogP contribution in [0.3, 0.4) is 0 Å². The lowest BCUT2D eigenvalue weighted by molar-refractivity contribution is -0.117. The van der Waals surface area contributed by atoms with E-state index in [1.807, 2.05) is 4.90 Å². The Balaban J connectivity index is 1.55. The minimum Gasteiger partial charge on any atom is -0.377 e. The zero-order chi connectivity index (χ0) is 21.4. The SMILES string of the molecule is C=C(C)C(=O)NCCOCCOCCn1nnc(CN2CC(S(C)(=O)=O)C2)c1F. The molecule has 0 radical (unpaired) electrons. The Labute approximate surface area is 169 Å². The second-order valence-corrected chi connectivity index (χ2v) is 9.28. The first-order valence-electron chi connectivity index (χ1n) is 9.26. The van der Waals surface area contributed by atoms with E-state index < -0.39 is 21.0 Å². The number of amides is 1. The molecule has 1 aromatic rings. The lowest BCUT2D eigenvalue weighted by atomic mass is 10.2. The van der Waals surface area contributed by atoms with Gasteiger partial charge in [-0.3, -0.25) is 9.69 Å². The predicted octanol–water partition coefficient (Wildman–Crippen LogP) is -0.628. The average molecular weight is 434 g/mol. The molecule has 29 heavy (non-hydrogen) atoms. The van der Waals surface area contributed by atoms with Crippen molar-refractivity contribution in [3.63, 3.8) is 0 Å². The van der Waals surface area contributed by atoms with Crippen LogP contribution < -0.4 is 5.32 Å². The first-order chi connectivity index (χ1) is 13.7. The summed E-state index contributed by atoms with van der Waals surface area (Å²) in [6.45, 7) is 8.04. The van der Waals surface area contributed by atoms with Crippen LogP contribution in [0.15, 0.2) is 12.2 Å². The van der Waals surface area contributed by atoms with Crippen molar-refractivity contribution in [2.24, 2.45) is 0 Å². The summed E-state index contributed by atoms with van der Waals surface area (Å²) in [5.41, 5.74) is 0.636. The Morgan fingerprint density at radius 1 is 1.28 bits per heavy atom. The third-order valence-electron chi connectivity index (χ3n) is 4.38. The van der Waals surface area contributed by atoms with Crippen molar-refractivity contribution >= 4 is 15.7 Å². The van der Waals surface area contributed by atoms with Gasteiger partial charge in [0.2, 0.25) is 11.9 Å². The molecular formula is C17H28FN5O5S. The van der Waals surface area contributed by atoms with Gasteiger partial charge in [-0.1, -0.05) is 11.8 Å². The first-order valence-corrected chi connectivity index (χ1v) is 11.2. The third kappa shape index (κ3) is 7.46. The summed E-state index contributed by atoms with van der Waals surface area (Å²) < 4.78 is 48.9. The number of hydrogen-bond donors (Lipinski definition) is 1. The molecule has 0 bridgehead atoms. The first kappa shape index (κ1) is 23.4. The molecule has 1 saturated heterocycles. The van der Waals surface area contributed by atoms with E-state index in [4.69, 9.17) is 9.47 Å². The molecule has 1 aromatic heterocycles. The van der Waals surface area contributed by atoms with E-state index in [0.29, 0.717) is 45.0 Å². The molecule has 0 saturated carbocycles. The monoisotopic (exact) mass is 433 g/mol. The quantitative estimate of drug-likeness (QED) is 0.323. The van der Waals surface area contributed by atoms with Crippen molar-refractivity contribution < 1.29 is 27.1 Å². The molecule has 0 unspecified atom stereocenters. The molecular weight excluding hydrogens is 405 g/mol. The molecule has 0 spiro atoms. The average Bonchev–Trinajstić information content (AvgIpc) is 2.94. The van der Waals surface area contributed by atoms with Crippen LogP contribution in [0.1, 0.15) is 12.6 Å². The van der Waals surface area contributed by atoms with Gasteiger partial charge in [-0.15, -0.1) is 5.10 Å². The summed E-state index contributed by atoms with van der Waals surface area (Å²) in [7, 11) is -3.05. The number of sulfone groups is 1. The molecule has 0 atom stereocenters.